The van der Waals surface area contributed by atoms with Crippen molar-refractivity contribution < 1.29 is 47.5 Å². The van der Waals surface area contributed by atoms with Gasteiger partial charge in [-0.1, -0.05) is 18.2 Å². The average Bonchev–Trinajstić information content (AvgIpc) is 2.93. The first-order valence-corrected chi connectivity index (χ1v) is 12.6. The van der Waals surface area contributed by atoms with Gasteiger partial charge >= 0.3 is 17.9 Å². The third-order valence-electron chi connectivity index (χ3n) is 6.89. The Hall–Kier alpha value is -4.28. The average molecular weight is 540 g/mol. The lowest BCUT2D eigenvalue weighted by Crippen LogP contribution is -2.57. The summed E-state index contributed by atoms with van der Waals surface area (Å²) < 4.78 is 40.3. The number of methoxy groups -OCH3 is 2. The Balaban J connectivity index is 1.63. The number of carbonyl (C=O) groups excluding carboxylic acids is 3. The Bertz CT molecular complexity index is 1310. The van der Waals surface area contributed by atoms with E-state index in [9.17, 15) is 14.4 Å². The van der Waals surface area contributed by atoms with Gasteiger partial charge in [-0.3, -0.25) is 9.59 Å². The Kier molecular flexibility index (Phi) is 7.32. The van der Waals surface area contributed by atoms with Gasteiger partial charge in [0.2, 0.25) is 11.6 Å². The summed E-state index contributed by atoms with van der Waals surface area (Å²) in [5, 5.41) is 0. The summed E-state index contributed by atoms with van der Waals surface area (Å²) >= 11 is 0. The number of hydrogen-bond acceptors (Lipinski definition) is 11. The summed E-state index contributed by atoms with van der Waals surface area (Å²) in [5.41, 5.74) is 1.62. The largest absolute Gasteiger partial charge is 0.492 e. The SMILES string of the molecule is COC1=NC2C(CC(OC(=O)c3ccccc3)C(OC(C)=O)C2OC(C)=O)c2cc3c(c(OC)c21)OCCO3. The topological polar surface area (TPSA) is 128 Å². The van der Waals surface area contributed by atoms with Gasteiger partial charge in [-0.05, 0) is 30.2 Å². The molecule has 1 saturated carbocycles. The van der Waals surface area contributed by atoms with Gasteiger partial charge in [-0.2, -0.15) is 0 Å². The summed E-state index contributed by atoms with van der Waals surface area (Å²) in [6.45, 7) is 3.20. The summed E-state index contributed by atoms with van der Waals surface area (Å²) in [6.07, 6.45) is -2.94. The Morgan fingerprint density at radius 1 is 0.897 bits per heavy atom. The van der Waals surface area contributed by atoms with Gasteiger partial charge in [-0.25, -0.2) is 9.79 Å². The van der Waals surface area contributed by atoms with E-state index < -0.39 is 48.2 Å². The fraction of sp³-hybridized carbons (Fsp3) is 0.429. The van der Waals surface area contributed by atoms with Gasteiger partial charge < -0.3 is 33.2 Å². The minimum absolute atomic E-state index is 0.204. The number of esters is 3. The number of fused-ring (bicyclic) bond motifs is 4. The van der Waals surface area contributed by atoms with Crippen LogP contribution in [-0.2, 0) is 28.5 Å². The van der Waals surface area contributed by atoms with Gasteiger partial charge in [0.15, 0.2) is 23.7 Å². The van der Waals surface area contributed by atoms with Crippen LogP contribution < -0.4 is 14.2 Å². The van der Waals surface area contributed by atoms with Crippen molar-refractivity contribution in [1.29, 1.82) is 0 Å². The first-order chi connectivity index (χ1) is 18.8. The van der Waals surface area contributed by atoms with E-state index in [2.05, 4.69) is 0 Å². The van der Waals surface area contributed by atoms with Crippen LogP contribution in [0.3, 0.4) is 0 Å². The normalized spacial score (nSPS) is 24.7. The van der Waals surface area contributed by atoms with E-state index in [1.807, 2.05) is 6.07 Å². The molecular formula is C28H29NO10. The Morgan fingerprint density at radius 2 is 1.59 bits per heavy atom. The number of ether oxygens (including phenoxy) is 7. The molecule has 0 bridgehead atoms. The number of hydrogen-bond donors (Lipinski definition) is 0. The first kappa shape index (κ1) is 26.3. The lowest BCUT2D eigenvalue weighted by atomic mass is 9.72. The molecule has 1 aliphatic carbocycles. The molecule has 5 unspecified atom stereocenters. The summed E-state index contributed by atoms with van der Waals surface area (Å²) in [7, 11) is 2.98. The van der Waals surface area contributed by atoms with Gasteiger partial charge in [0.1, 0.15) is 25.4 Å². The number of nitrogens with zero attached hydrogens (tertiary/aromatic N) is 1. The predicted octanol–water partition coefficient (Wildman–Crippen LogP) is 2.82. The van der Waals surface area contributed by atoms with Crippen molar-refractivity contribution in [3.8, 4) is 17.2 Å². The summed E-state index contributed by atoms with van der Waals surface area (Å²) in [4.78, 5) is 42.3. The number of aliphatic imine (C=N–C) groups is 1. The zero-order valence-electron chi connectivity index (χ0n) is 22.0. The molecule has 0 spiro atoms. The molecule has 0 N–H and O–H groups in total. The van der Waals surface area contributed by atoms with E-state index in [0.717, 1.165) is 5.56 Å². The van der Waals surface area contributed by atoms with Crippen molar-refractivity contribution >= 4 is 23.8 Å². The highest BCUT2D eigenvalue weighted by atomic mass is 16.6. The van der Waals surface area contributed by atoms with Crippen LogP contribution in [0, 0.1) is 0 Å². The van der Waals surface area contributed by atoms with Crippen molar-refractivity contribution in [3.05, 3.63) is 53.1 Å². The molecule has 2 heterocycles. The molecule has 11 nitrogen and oxygen atoms in total. The van der Waals surface area contributed by atoms with Crippen molar-refractivity contribution in [2.24, 2.45) is 4.99 Å². The number of benzene rings is 2. The van der Waals surface area contributed by atoms with Gasteiger partial charge in [-0.15, -0.1) is 0 Å². The molecule has 2 aromatic carbocycles. The molecule has 0 radical (unpaired) electrons. The van der Waals surface area contributed by atoms with Crippen LogP contribution in [-0.4, -0.2) is 75.6 Å². The number of carbonyl (C=O) groups is 3. The van der Waals surface area contributed by atoms with E-state index >= 15 is 0 Å². The van der Waals surface area contributed by atoms with Gasteiger partial charge in [0.25, 0.3) is 0 Å². The highest BCUT2D eigenvalue weighted by Gasteiger charge is 2.54. The monoisotopic (exact) mass is 539 g/mol. The highest BCUT2D eigenvalue weighted by molar-refractivity contribution is 6.01. The van der Waals surface area contributed by atoms with Crippen molar-refractivity contribution in [2.45, 2.75) is 50.5 Å². The van der Waals surface area contributed by atoms with Gasteiger partial charge in [0.05, 0.1) is 25.3 Å². The van der Waals surface area contributed by atoms with Crippen molar-refractivity contribution in [2.75, 3.05) is 27.4 Å². The fourth-order valence-corrected chi connectivity index (χ4v) is 5.43. The molecule has 0 saturated heterocycles. The number of rotatable bonds is 5. The lowest BCUT2D eigenvalue weighted by molar-refractivity contribution is -0.184. The zero-order valence-corrected chi connectivity index (χ0v) is 22.0. The molecule has 3 aliphatic rings. The fourth-order valence-electron chi connectivity index (χ4n) is 5.43. The van der Waals surface area contributed by atoms with Crippen LogP contribution in [0.4, 0.5) is 0 Å². The third-order valence-corrected chi connectivity index (χ3v) is 6.89. The second-order valence-corrected chi connectivity index (χ2v) is 9.33. The Morgan fingerprint density at radius 3 is 2.26 bits per heavy atom. The van der Waals surface area contributed by atoms with E-state index in [0.29, 0.717) is 41.6 Å². The standard InChI is InChI=1S/C28H29NO10/c1-14(30)37-24-20(39-28(32)16-8-6-5-7-9-16)13-18-17-12-19-23(36-11-10-35-19)25(33-3)21(17)27(34-4)29-22(18)26(24)38-15(2)31/h5-9,12,18,20,22,24,26H,10-11,13H2,1-4H3. The maximum atomic E-state index is 13.1. The smallest absolute Gasteiger partial charge is 0.338 e. The van der Waals surface area contributed by atoms with Crippen LogP contribution in [0.25, 0.3) is 0 Å². The van der Waals surface area contributed by atoms with Crippen molar-refractivity contribution in [1.82, 2.24) is 0 Å². The highest BCUT2D eigenvalue weighted by Crippen LogP contribution is 2.51. The maximum Gasteiger partial charge on any atom is 0.338 e. The molecule has 2 aromatic rings. The zero-order chi connectivity index (χ0) is 27.7. The quantitative estimate of drug-likeness (QED) is 0.413. The van der Waals surface area contributed by atoms with E-state index in [1.54, 1.807) is 30.3 Å². The molecule has 5 atom stereocenters. The lowest BCUT2D eigenvalue weighted by Gasteiger charge is -2.45. The van der Waals surface area contributed by atoms with E-state index in [-0.39, 0.29) is 12.3 Å². The van der Waals surface area contributed by atoms with E-state index in [1.165, 1.54) is 28.1 Å². The van der Waals surface area contributed by atoms with Crippen LogP contribution in [0.5, 0.6) is 17.2 Å². The second-order valence-electron chi connectivity index (χ2n) is 9.33. The minimum Gasteiger partial charge on any atom is -0.492 e. The maximum absolute atomic E-state index is 13.1. The minimum atomic E-state index is -1.11. The predicted molar refractivity (Wildman–Crippen MR) is 135 cm³/mol. The molecule has 206 valence electrons. The molecule has 5 rings (SSSR count). The Labute approximate surface area is 224 Å². The van der Waals surface area contributed by atoms with Crippen LogP contribution in [0.15, 0.2) is 41.4 Å². The van der Waals surface area contributed by atoms with E-state index in [4.69, 9.17) is 38.2 Å². The molecular weight excluding hydrogens is 510 g/mol. The third kappa shape index (κ3) is 4.96. The molecule has 0 aromatic heterocycles. The molecule has 2 aliphatic heterocycles. The van der Waals surface area contributed by atoms with Crippen LogP contribution >= 0.6 is 0 Å². The first-order valence-electron chi connectivity index (χ1n) is 12.6. The molecule has 1 fully saturated rings. The second kappa shape index (κ2) is 10.8. The van der Waals surface area contributed by atoms with Gasteiger partial charge in [0, 0.05) is 19.8 Å². The molecule has 11 heteroatoms. The summed E-state index contributed by atoms with van der Waals surface area (Å²) in [6, 6.07) is 9.56. The van der Waals surface area contributed by atoms with Crippen LogP contribution in [0.2, 0.25) is 0 Å². The molecule has 0 amide bonds. The summed E-state index contributed by atoms with van der Waals surface area (Å²) in [5.74, 6) is -0.734. The van der Waals surface area contributed by atoms with Crippen molar-refractivity contribution in [3.63, 3.8) is 0 Å². The molecule has 39 heavy (non-hydrogen) atoms. The van der Waals surface area contributed by atoms with Crippen LogP contribution in [0.1, 0.15) is 47.7 Å².